The van der Waals surface area contributed by atoms with Gasteiger partial charge in [0.1, 0.15) is 6.33 Å². The quantitative estimate of drug-likeness (QED) is 0.774. The average Bonchev–Trinajstić information content (AvgIpc) is 2.38. The molecular weight excluding hydrogens is 252 g/mol. The fourth-order valence-electron chi connectivity index (χ4n) is 1.44. The molecule has 2 rings (SSSR count). The van der Waals surface area contributed by atoms with Crippen LogP contribution in [0.2, 0.25) is 0 Å². The largest absolute Gasteiger partial charge is 0.288 e. The number of carbonyl (C=O) groups excluding carboxylic acids is 1. The monoisotopic (exact) mass is 262 g/mol. The van der Waals surface area contributed by atoms with Crippen molar-refractivity contribution in [3.8, 4) is 0 Å². The first kappa shape index (κ1) is 12.4. The molecule has 18 heavy (non-hydrogen) atoms. The highest BCUT2D eigenvalue weighted by Crippen LogP contribution is 2.13. The van der Waals surface area contributed by atoms with E-state index in [4.69, 9.17) is 0 Å². The Balaban J connectivity index is 2.34. The maximum Gasteiger partial charge on any atom is 0.196 e. The molecule has 0 saturated carbocycles. The Bertz CT molecular complexity index is 664. The SMILES string of the molecule is CS(=O)(=O)c1ccc(C(=O)c2cncnc2)cc1. The third-order valence-electron chi connectivity index (χ3n) is 2.37. The van der Waals surface area contributed by atoms with Gasteiger partial charge in [0, 0.05) is 24.2 Å². The van der Waals surface area contributed by atoms with E-state index in [0.717, 1.165) is 6.26 Å². The van der Waals surface area contributed by atoms with Gasteiger partial charge in [-0.1, -0.05) is 0 Å². The summed E-state index contributed by atoms with van der Waals surface area (Å²) in [6.07, 6.45) is 5.29. The van der Waals surface area contributed by atoms with Crippen molar-refractivity contribution in [3.63, 3.8) is 0 Å². The van der Waals surface area contributed by atoms with Gasteiger partial charge in [-0.25, -0.2) is 18.4 Å². The van der Waals surface area contributed by atoms with Crippen molar-refractivity contribution in [2.75, 3.05) is 6.26 Å². The Morgan fingerprint density at radius 2 is 1.56 bits per heavy atom. The van der Waals surface area contributed by atoms with E-state index in [9.17, 15) is 13.2 Å². The maximum atomic E-state index is 12.0. The van der Waals surface area contributed by atoms with Gasteiger partial charge >= 0.3 is 0 Å². The van der Waals surface area contributed by atoms with Gasteiger partial charge in [-0.05, 0) is 24.3 Å². The number of hydrogen-bond donors (Lipinski definition) is 0. The van der Waals surface area contributed by atoms with E-state index in [1.54, 1.807) is 0 Å². The molecule has 0 unspecified atom stereocenters. The lowest BCUT2D eigenvalue weighted by Gasteiger charge is -2.02. The number of nitrogens with zero attached hydrogens (tertiary/aromatic N) is 2. The summed E-state index contributed by atoms with van der Waals surface area (Å²) in [5.74, 6) is -0.240. The van der Waals surface area contributed by atoms with Gasteiger partial charge in [0.2, 0.25) is 0 Å². The topological polar surface area (TPSA) is 77.0 Å². The van der Waals surface area contributed by atoms with E-state index in [2.05, 4.69) is 9.97 Å². The number of aromatic nitrogens is 2. The van der Waals surface area contributed by atoms with Gasteiger partial charge in [0.15, 0.2) is 15.6 Å². The number of hydrogen-bond acceptors (Lipinski definition) is 5. The van der Waals surface area contributed by atoms with Crippen molar-refractivity contribution < 1.29 is 13.2 Å². The zero-order valence-corrected chi connectivity index (χ0v) is 10.4. The van der Waals surface area contributed by atoms with Crippen LogP contribution in [-0.2, 0) is 9.84 Å². The van der Waals surface area contributed by atoms with Gasteiger partial charge in [0.25, 0.3) is 0 Å². The van der Waals surface area contributed by atoms with Crippen molar-refractivity contribution >= 4 is 15.6 Å². The lowest BCUT2D eigenvalue weighted by molar-refractivity contribution is 0.103. The number of rotatable bonds is 3. The second-order valence-electron chi connectivity index (χ2n) is 3.75. The molecule has 1 aromatic heterocycles. The summed E-state index contributed by atoms with van der Waals surface area (Å²) in [7, 11) is -3.25. The molecule has 92 valence electrons. The van der Waals surface area contributed by atoms with Crippen LogP contribution in [0.5, 0.6) is 0 Å². The molecule has 1 aromatic carbocycles. The van der Waals surface area contributed by atoms with Crippen molar-refractivity contribution in [2.45, 2.75) is 4.90 Å². The zero-order chi connectivity index (χ0) is 13.2. The second kappa shape index (κ2) is 4.66. The van der Waals surface area contributed by atoms with Crippen LogP contribution >= 0.6 is 0 Å². The van der Waals surface area contributed by atoms with Crippen LogP contribution in [0.1, 0.15) is 15.9 Å². The summed E-state index contributed by atoms with van der Waals surface area (Å²) in [6, 6.07) is 5.77. The van der Waals surface area contributed by atoms with Crippen LogP contribution in [-0.4, -0.2) is 30.4 Å². The molecule has 5 nitrogen and oxygen atoms in total. The molecule has 0 aliphatic carbocycles. The minimum atomic E-state index is -3.25. The van der Waals surface area contributed by atoms with Crippen molar-refractivity contribution in [1.29, 1.82) is 0 Å². The Morgan fingerprint density at radius 1 is 1.00 bits per heavy atom. The predicted octanol–water partition coefficient (Wildman–Crippen LogP) is 1.11. The smallest absolute Gasteiger partial charge is 0.196 e. The standard InChI is InChI=1S/C12H10N2O3S/c1-18(16,17)11-4-2-9(3-5-11)12(15)10-6-13-8-14-7-10/h2-8H,1H3. The van der Waals surface area contributed by atoms with Crippen molar-refractivity contribution in [2.24, 2.45) is 0 Å². The third-order valence-corrected chi connectivity index (χ3v) is 3.50. The highest BCUT2D eigenvalue weighted by Gasteiger charge is 2.11. The van der Waals surface area contributed by atoms with E-state index in [1.807, 2.05) is 0 Å². The molecule has 0 radical (unpaired) electrons. The maximum absolute atomic E-state index is 12.0. The summed E-state index contributed by atoms with van der Waals surface area (Å²) in [5.41, 5.74) is 0.766. The highest BCUT2D eigenvalue weighted by atomic mass is 32.2. The lowest BCUT2D eigenvalue weighted by atomic mass is 10.1. The minimum absolute atomic E-state index is 0.184. The molecule has 0 N–H and O–H groups in total. The molecule has 2 aromatic rings. The second-order valence-corrected chi connectivity index (χ2v) is 5.77. The number of benzene rings is 1. The van der Waals surface area contributed by atoms with Gasteiger partial charge in [-0.2, -0.15) is 0 Å². The summed E-state index contributed by atoms with van der Waals surface area (Å²) in [4.78, 5) is 19.7. The summed E-state index contributed by atoms with van der Waals surface area (Å²) in [6.45, 7) is 0. The van der Waals surface area contributed by atoms with Gasteiger partial charge < -0.3 is 0 Å². The van der Waals surface area contributed by atoms with E-state index < -0.39 is 9.84 Å². The molecule has 0 aliphatic rings. The minimum Gasteiger partial charge on any atom is -0.288 e. The predicted molar refractivity (Wildman–Crippen MR) is 65.0 cm³/mol. The van der Waals surface area contributed by atoms with Crippen LogP contribution in [0.4, 0.5) is 0 Å². The number of sulfone groups is 1. The molecule has 0 saturated heterocycles. The first-order valence-corrected chi connectivity index (χ1v) is 6.97. The molecule has 6 heteroatoms. The third kappa shape index (κ3) is 2.60. The van der Waals surface area contributed by atoms with E-state index >= 15 is 0 Å². The highest BCUT2D eigenvalue weighted by molar-refractivity contribution is 7.90. The molecule has 0 fully saturated rings. The average molecular weight is 262 g/mol. The van der Waals surface area contributed by atoms with Crippen molar-refractivity contribution in [1.82, 2.24) is 9.97 Å². The Kier molecular flexibility index (Phi) is 3.20. The summed E-state index contributed by atoms with van der Waals surface area (Å²) >= 11 is 0. The summed E-state index contributed by atoms with van der Waals surface area (Å²) in [5, 5.41) is 0. The zero-order valence-electron chi connectivity index (χ0n) is 9.57. The van der Waals surface area contributed by atoms with E-state index in [-0.39, 0.29) is 10.7 Å². The fraction of sp³-hybridized carbons (Fsp3) is 0.0833. The fourth-order valence-corrected chi connectivity index (χ4v) is 2.07. The first-order valence-electron chi connectivity index (χ1n) is 5.08. The van der Waals surface area contributed by atoms with Crippen LogP contribution < -0.4 is 0 Å². The van der Waals surface area contributed by atoms with Gasteiger partial charge in [0.05, 0.1) is 10.5 Å². The Labute approximate surface area is 104 Å². The molecule has 0 spiro atoms. The van der Waals surface area contributed by atoms with Crippen LogP contribution in [0.3, 0.4) is 0 Å². The molecular formula is C12H10N2O3S. The van der Waals surface area contributed by atoms with Crippen LogP contribution in [0.15, 0.2) is 47.9 Å². The van der Waals surface area contributed by atoms with E-state index in [0.29, 0.717) is 11.1 Å². The molecule has 1 heterocycles. The Morgan fingerprint density at radius 3 is 2.06 bits per heavy atom. The molecule has 0 bridgehead atoms. The Hall–Kier alpha value is -2.08. The normalized spacial score (nSPS) is 11.2. The van der Waals surface area contributed by atoms with Crippen LogP contribution in [0.25, 0.3) is 0 Å². The molecule has 0 amide bonds. The van der Waals surface area contributed by atoms with Crippen molar-refractivity contribution in [3.05, 3.63) is 54.1 Å². The summed E-state index contributed by atoms with van der Waals surface area (Å²) < 4.78 is 22.6. The van der Waals surface area contributed by atoms with Crippen LogP contribution in [0, 0.1) is 0 Å². The first-order chi connectivity index (χ1) is 8.48. The lowest BCUT2D eigenvalue weighted by Crippen LogP contribution is -2.03. The molecule has 0 atom stereocenters. The van der Waals surface area contributed by atoms with Gasteiger partial charge in [-0.3, -0.25) is 4.79 Å². The molecule has 0 aliphatic heterocycles. The number of carbonyl (C=O) groups is 1. The number of ketones is 1. The van der Waals surface area contributed by atoms with Gasteiger partial charge in [-0.15, -0.1) is 0 Å². The van der Waals surface area contributed by atoms with E-state index in [1.165, 1.54) is 43.0 Å².